The van der Waals surface area contributed by atoms with E-state index in [-0.39, 0.29) is 13.0 Å². The van der Waals surface area contributed by atoms with E-state index in [1.54, 1.807) is 30.3 Å². The van der Waals surface area contributed by atoms with E-state index in [1.807, 2.05) is 0 Å². The summed E-state index contributed by atoms with van der Waals surface area (Å²) in [6.07, 6.45) is -5.12. The molecule has 2 rings (SSSR count). The Labute approximate surface area is 284 Å². The minimum absolute atomic E-state index is 0.0161. The summed E-state index contributed by atoms with van der Waals surface area (Å²) in [5.74, 6) is -11.4. The van der Waals surface area contributed by atoms with Crippen molar-refractivity contribution < 1.29 is 72.8 Å². The quantitative estimate of drug-likeness (QED) is 0.0433. The monoisotopic (exact) mass is 709 g/mol. The first-order valence-electron chi connectivity index (χ1n) is 15.2. The summed E-state index contributed by atoms with van der Waals surface area (Å²) in [6, 6.07) is 3.39. The normalized spacial score (nSPS) is 16.5. The SMILES string of the molecule is CCOC(=O)C1OC1C(=O)N(CC(=O)O)NC(=O)[C@@H](NC(=O)[C@H](CCC(=O)O)NC(=O)[C@H](CC(=O)O)NOC(=O)Cc1ccccc1)C(C)C. The van der Waals surface area contributed by atoms with Gasteiger partial charge in [0.05, 0.1) is 19.4 Å². The number of amides is 4. The van der Waals surface area contributed by atoms with Crippen LogP contribution in [0.3, 0.4) is 0 Å². The number of carbonyl (C=O) groups excluding carboxylic acids is 6. The topological polar surface area (TPSA) is 297 Å². The molecule has 1 aliphatic heterocycles. The molecule has 274 valence electrons. The van der Waals surface area contributed by atoms with Crippen LogP contribution in [-0.4, -0.2) is 117 Å². The van der Waals surface area contributed by atoms with Gasteiger partial charge in [0.15, 0.2) is 12.2 Å². The Hall–Kier alpha value is -5.63. The Morgan fingerprint density at radius 2 is 1.48 bits per heavy atom. The van der Waals surface area contributed by atoms with Gasteiger partial charge in [-0.15, -0.1) is 5.48 Å². The summed E-state index contributed by atoms with van der Waals surface area (Å²) in [7, 11) is 0. The second-order valence-corrected chi connectivity index (χ2v) is 11.2. The third-order valence-electron chi connectivity index (χ3n) is 6.79. The van der Waals surface area contributed by atoms with Gasteiger partial charge < -0.3 is 40.3 Å². The van der Waals surface area contributed by atoms with Gasteiger partial charge >= 0.3 is 29.8 Å². The Balaban J connectivity index is 2.17. The smallest absolute Gasteiger partial charge is 0.338 e. The lowest BCUT2D eigenvalue weighted by Crippen LogP contribution is -2.60. The van der Waals surface area contributed by atoms with Crippen molar-refractivity contribution in [2.24, 2.45) is 5.92 Å². The van der Waals surface area contributed by atoms with Crippen LogP contribution in [0.4, 0.5) is 0 Å². The Kier molecular flexibility index (Phi) is 15.7. The van der Waals surface area contributed by atoms with Gasteiger partial charge in [0.2, 0.25) is 11.8 Å². The number of epoxide rings is 1. The van der Waals surface area contributed by atoms with E-state index in [9.17, 15) is 58.5 Å². The van der Waals surface area contributed by atoms with Crippen molar-refractivity contribution in [1.82, 2.24) is 26.5 Å². The molecule has 5 atom stereocenters. The second-order valence-electron chi connectivity index (χ2n) is 11.2. The summed E-state index contributed by atoms with van der Waals surface area (Å²) in [5, 5.41) is 32.7. The van der Waals surface area contributed by atoms with Crippen molar-refractivity contribution in [3.63, 3.8) is 0 Å². The molecule has 1 aliphatic rings. The van der Waals surface area contributed by atoms with Gasteiger partial charge in [-0.3, -0.25) is 43.8 Å². The average Bonchev–Trinajstić information content (AvgIpc) is 3.84. The third-order valence-corrected chi connectivity index (χ3v) is 6.79. The fraction of sp³-hybridized carbons (Fsp3) is 0.500. The van der Waals surface area contributed by atoms with E-state index in [1.165, 1.54) is 20.8 Å². The molecule has 0 aliphatic carbocycles. The van der Waals surface area contributed by atoms with E-state index in [0.717, 1.165) is 0 Å². The summed E-state index contributed by atoms with van der Waals surface area (Å²) in [6.45, 7) is 3.37. The highest BCUT2D eigenvalue weighted by Gasteiger charge is 2.53. The Bertz CT molecular complexity index is 1440. The molecule has 1 aromatic carbocycles. The number of nitrogens with zero attached hydrogens (tertiary/aromatic N) is 1. The van der Waals surface area contributed by atoms with Crippen LogP contribution in [0, 0.1) is 5.92 Å². The van der Waals surface area contributed by atoms with Gasteiger partial charge in [-0.05, 0) is 24.8 Å². The maximum atomic E-state index is 13.4. The van der Waals surface area contributed by atoms with Gasteiger partial charge in [-0.2, -0.15) is 0 Å². The highest BCUT2D eigenvalue weighted by molar-refractivity contribution is 5.97. The van der Waals surface area contributed by atoms with E-state index < -0.39 is 116 Å². The molecule has 4 amide bonds. The van der Waals surface area contributed by atoms with Crippen LogP contribution < -0.4 is 21.5 Å². The molecule has 0 bridgehead atoms. The lowest BCUT2D eigenvalue weighted by Gasteiger charge is -2.28. The van der Waals surface area contributed by atoms with Crippen LogP contribution in [0.25, 0.3) is 0 Å². The molecule has 1 fully saturated rings. The minimum atomic E-state index is -1.74. The molecule has 0 radical (unpaired) electrons. The predicted octanol–water partition coefficient (Wildman–Crippen LogP) is -2.11. The number of benzene rings is 1. The molecule has 50 heavy (non-hydrogen) atoms. The number of carbonyl (C=O) groups is 9. The standard InChI is InChI=1S/C30H39N5O15/c1-4-48-30(47)25-24(49-25)29(46)35(14-21(40)41)33-28(45)23(15(2)3)32-26(43)17(10-11-19(36)37)31-27(44)18(13-20(38)39)34-50-22(42)12-16-8-6-5-7-9-16/h5-9,15,17-18,23-25,34H,4,10-14H2,1-3H3,(H,31,44)(H,32,43)(H,33,45)(H,36,37)(H,38,39)(H,40,41)/t17-,18-,23-,24?,25?/m0/s1. The molecule has 1 saturated heterocycles. The number of hydrogen-bond acceptors (Lipinski definition) is 13. The van der Waals surface area contributed by atoms with E-state index >= 15 is 0 Å². The van der Waals surface area contributed by atoms with Crippen molar-refractivity contribution in [3.8, 4) is 0 Å². The van der Waals surface area contributed by atoms with Crippen molar-refractivity contribution in [3.05, 3.63) is 35.9 Å². The van der Waals surface area contributed by atoms with Gasteiger partial charge in [0.25, 0.3) is 11.8 Å². The molecule has 0 aromatic heterocycles. The summed E-state index contributed by atoms with van der Waals surface area (Å²) in [4.78, 5) is 116. The maximum absolute atomic E-state index is 13.4. The number of carboxylic acid groups (broad SMARTS) is 3. The molecule has 20 heteroatoms. The molecule has 20 nitrogen and oxygen atoms in total. The molecular weight excluding hydrogens is 670 g/mol. The van der Waals surface area contributed by atoms with Crippen LogP contribution >= 0.6 is 0 Å². The Morgan fingerprint density at radius 1 is 0.840 bits per heavy atom. The zero-order chi connectivity index (χ0) is 37.5. The summed E-state index contributed by atoms with van der Waals surface area (Å²) < 4.78 is 9.75. The van der Waals surface area contributed by atoms with E-state index in [4.69, 9.17) is 14.3 Å². The summed E-state index contributed by atoms with van der Waals surface area (Å²) >= 11 is 0. The number of nitrogens with one attached hydrogen (secondary N) is 4. The number of esters is 1. The fourth-order valence-electron chi connectivity index (χ4n) is 4.26. The van der Waals surface area contributed by atoms with Crippen LogP contribution in [0.1, 0.15) is 45.6 Å². The molecule has 2 unspecified atom stereocenters. The zero-order valence-electron chi connectivity index (χ0n) is 27.3. The Morgan fingerprint density at radius 3 is 2.04 bits per heavy atom. The molecule has 1 heterocycles. The van der Waals surface area contributed by atoms with Crippen LogP contribution in [0.5, 0.6) is 0 Å². The van der Waals surface area contributed by atoms with Crippen molar-refractivity contribution in [1.29, 1.82) is 0 Å². The zero-order valence-corrected chi connectivity index (χ0v) is 27.3. The van der Waals surface area contributed by atoms with Gasteiger partial charge in [0, 0.05) is 6.42 Å². The number of aliphatic carboxylic acids is 3. The first-order valence-corrected chi connectivity index (χ1v) is 15.2. The predicted molar refractivity (Wildman–Crippen MR) is 164 cm³/mol. The van der Waals surface area contributed by atoms with Crippen LogP contribution in [-0.2, 0) is 63.9 Å². The molecular formula is C30H39N5O15. The second kappa shape index (κ2) is 19.4. The number of hydroxylamine groups is 1. The number of hydrazine groups is 1. The van der Waals surface area contributed by atoms with Crippen molar-refractivity contribution in [2.45, 2.75) is 76.8 Å². The average molecular weight is 710 g/mol. The highest BCUT2D eigenvalue weighted by atomic mass is 16.7. The lowest BCUT2D eigenvalue weighted by molar-refractivity contribution is -0.157. The molecule has 0 spiro atoms. The van der Waals surface area contributed by atoms with E-state index in [2.05, 4.69) is 21.5 Å². The molecule has 7 N–H and O–H groups in total. The summed E-state index contributed by atoms with van der Waals surface area (Å²) in [5.41, 5.74) is 4.69. The fourth-order valence-corrected chi connectivity index (χ4v) is 4.26. The van der Waals surface area contributed by atoms with Crippen molar-refractivity contribution >= 4 is 53.5 Å². The van der Waals surface area contributed by atoms with Crippen LogP contribution in [0.2, 0.25) is 0 Å². The lowest BCUT2D eigenvalue weighted by atomic mass is 10.0. The van der Waals surface area contributed by atoms with Gasteiger partial charge in [-0.1, -0.05) is 44.2 Å². The highest BCUT2D eigenvalue weighted by Crippen LogP contribution is 2.25. The number of rotatable bonds is 20. The van der Waals surface area contributed by atoms with E-state index in [0.29, 0.717) is 10.6 Å². The first kappa shape index (κ1) is 40.5. The molecule has 1 aromatic rings. The largest absolute Gasteiger partial charge is 0.481 e. The van der Waals surface area contributed by atoms with Crippen molar-refractivity contribution in [2.75, 3.05) is 13.2 Å². The minimum Gasteiger partial charge on any atom is -0.481 e. The van der Waals surface area contributed by atoms with Gasteiger partial charge in [-0.25, -0.2) is 9.80 Å². The first-order chi connectivity index (χ1) is 23.5. The van der Waals surface area contributed by atoms with Gasteiger partial charge in [0.1, 0.15) is 24.7 Å². The number of ether oxygens (including phenoxy) is 2. The third kappa shape index (κ3) is 13.5. The van der Waals surface area contributed by atoms with Crippen LogP contribution in [0.15, 0.2) is 30.3 Å². The molecule has 0 saturated carbocycles. The number of carboxylic acids is 3. The maximum Gasteiger partial charge on any atom is 0.338 e. The number of hydrogen-bond donors (Lipinski definition) is 7.